The minimum atomic E-state index is -3.86. The van der Waals surface area contributed by atoms with Gasteiger partial charge in [-0.2, -0.15) is 0 Å². The van der Waals surface area contributed by atoms with Crippen molar-refractivity contribution in [3.05, 3.63) is 72.1 Å². The van der Waals surface area contributed by atoms with Gasteiger partial charge in [-0.3, -0.25) is 19.4 Å². The van der Waals surface area contributed by atoms with E-state index in [1.54, 1.807) is 24.5 Å². The summed E-state index contributed by atoms with van der Waals surface area (Å²) in [6, 6.07) is 12.0. The molecule has 1 spiro atoms. The number of rotatable bonds is 5. The third kappa shape index (κ3) is 4.54. The smallest absolute Gasteiger partial charge is 0.420 e. The summed E-state index contributed by atoms with van der Waals surface area (Å²) >= 11 is 4.79. The highest BCUT2D eigenvalue weighted by Crippen LogP contribution is 2.50. The van der Waals surface area contributed by atoms with Crippen LogP contribution in [0.2, 0.25) is 0 Å². The number of carbonyl (C=O) groups excluding carboxylic acids is 3. The number of nitrogens with one attached hydrogen (secondary N) is 2. The molecular formula is C26H21ClF2N4O4. The summed E-state index contributed by atoms with van der Waals surface area (Å²) in [6.07, 6.45) is 3.77. The topological polar surface area (TPSA) is 101 Å². The number of hydrogen-bond acceptors (Lipinski definition) is 6. The molecule has 0 bridgehead atoms. The molecule has 1 fully saturated rings. The minimum Gasteiger partial charge on any atom is -0.420 e. The Bertz CT molecular complexity index is 1390. The van der Waals surface area contributed by atoms with Gasteiger partial charge in [-0.1, -0.05) is 6.07 Å². The fraction of sp³-hybridized carbons (Fsp3) is 0.231. The largest absolute Gasteiger partial charge is 0.487 e. The number of aromatic nitrogens is 1. The second-order valence-electron chi connectivity index (χ2n) is 8.85. The zero-order valence-corrected chi connectivity index (χ0v) is 20.3. The number of pyridine rings is 1. The van der Waals surface area contributed by atoms with Crippen molar-refractivity contribution in [1.82, 2.24) is 10.3 Å². The lowest BCUT2D eigenvalue weighted by Gasteiger charge is -2.23. The van der Waals surface area contributed by atoms with E-state index in [4.69, 9.17) is 11.6 Å². The average Bonchev–Trinajstić information content (AvgIpc) is 3.43. The second-order valence-corrected chi connectivity index (χ2v) is 9.29. The summed E-state index contributed by atoms with van der Waals surface area (Å²) in [6.45, 7) is 2.30. The van der Waals surface area contributed by atoms with Crippen molar-refractivity contribution in [1.29, 1.82) is 0 Å². The summed E-state index contributed by atoms with van der Waals surface area (Å²) in [7, 11) is 0. The van der Waals surface area contributed by atoms with E-state index in [1.165, 1.54) is 37.3 Å². The van der Waals surface area contributed by atoms with E-state index in [9.17, 15) is 23.2 Å². The summed E-state index contributed by atoms with van der Waals surface area (Å²) in [4.78, 5) is 44.8. The van der Waals surface area contributed by atoms with Crippen molar-refractivity contribution in [2.75, 3.05) is 23.3 Å². The standard InChI is InChI=1S/C26H21ClF2N4O4/c1-15(34)33-21-12-17(23(35)32-18-4-6-19(7-5-18)37-26(27,28)29)11-20(16-3-2-9-30-13-16)22(21)25(24(33)36)8-10-31-14-25/h2-7,9,11-13,31H,8,10,14H2,1H3,(H,32,35). The van der Waals surface area contributed by atoms with E-state index < -0.39 is 22.8 Å². The molecule has 1 saturated heterocycles. The summed E-state index contributed by atoms with van der Waals surface area (Å²) in [5, 5.41) is 5.94. The number of benzene rings is 2. The minimum absolute atomic E-state index is 0.180. The van der Waals surface area contributed by atoms with Gasteiger partial charge in [0.05, 0.1) is 11.1 Å². The maximum atomic E-state index is 13.6. The molecule has 2 aliphatic rings. The fourth-order valence-corrected chi connectivity index (χ4v) is 5.05. The Kier molecular flexibility index (Phi) is 6.17. The highest BCUT2D eigenvalue weighted by atomic mass is 35.5. The van der Waals surface area contributed by atoms with Crippen LogP contribution in [0.3, 0.4) is 0 Å². The number of imide groups is 1. The van der Waals surface area contributed by atoms with Crippen LogP contribution in [0.25, 0.3) is 11.1 Å². The van der Waals surface area contributed by atoms with E-state index in [-0.39, 0.29) is 17.2 Å². The molecule has 2 aliphatic heterocycles. The molecule has 1 atom stereocenters. The normalized spacial score (nSPS) is 18.7. The van der Waals surface area contributed by atoms with Gasteiger partial charge in [0, 0.05) is 59.8 Å². The molecule has 2 N–H and O–H groups in total. The van der Waals surface area contributed by atoms with Crippen LogP contribution in [0.1, 0.15) is 29.3 Å². The first kappa shape index (κ1) is 24.8. The number of amides is 3. The summed E-state index contributed by atoms with van der Waals surface area (Å²) in [5.41, 5.74) is -1.90. The average molecular weight is 527 g/mol. The van der Waals surface area contributed by atoms with E-state index in [0.717, 1.165) is 4.90 Å². The van der Waals surface area contributed by atoms with Crippen molar-refractivity contribution in [3.8, 4) is 16.9 Å². The third-order valence-corrected chi connectivity index (χ3v) is 6.58. The van der Waals surface area contributed by atoms with Crippen LogP contribution >= 0.6 is 11.6 Å². The molecule has 37 heavy (non-hydrogen) atoms. The van der Waals surface area contributed by atoms with Crippen LogP contribution in [0.5, 0.6) is 5.75 Å². The van der Waals surface area contributed by atoms with Gasteiger partial charge in [-0.15, -0.1) is 8.78 Å². The summed E-state index contributed by atoms with van der Waals surface area (Å²) in [5.74, 6) is -1.48. The molecule has 5 rings (SSSR count). The molecule has 3 heterocycles. The van der Waals surface area contributed by atoms with Gasteiger partial charge in [0.2, 0.25) is 11.8 Å². The molecular weight excluding hydrogens is 506 g/mol. The third-order valence-electron chi connectivity index (χ3n) is 6.50. The number of alkyl halides is 3. The lowest BCUT2D eigenvalue weighted by molar-refractivity contribution is -0.127. The number of carbonyl (C=O) groups is 3. The molecule has 0 saturated carbocycles. The van der Waals surface area contributed by atoms with Crippen LogP contribution < -0.4 is 20.3 Å². The van der Waals surface area contributed by atoms with Gasteiger partial charge in [-0.25, -0.2) is 4.90 Å². The number of hydrogen-bond donors (Lipinski definition) is 2. The van der Waals surface area contributed by atoms with Crippen molar-refractivity contribution in [2.45, 2.75) is 24.3 Å². The van der Waals surface area contributed by atoms with Gasteiger partial charge in [0.1, 0.15) is 5.75 Å². The molecule has 0 aliphatic carbocycles. The van der Waals surface area contributed by atoms with Crippen LogP contribution in [0, 0.1) is 0 Å². The van der Waals surface area contributed by atoms with E-state index in [0.29, 0.717) is 47.6 Å². The van der Waals surface area contributed by atoms with Gasteiger partial charge in [0.25, 0.3) is 5.91 Å². The maximum Gasteiger partial charge on any atom is 0.487 e. The van der Waals surface area contributed by atoms with Crippen LogP contribution in [-0.4, -0.2) is 41.4 Å². The molecule has 3 amide bonds. The van der Waals surface area contributed by atoms with E-state index >= 15 is 0 Å². The van der Waals surface area contributed by atoms with Crippen molar-refractivity contribution < 1.29 is 27.9 Å². The van der Waals surface area contributed by atoms with Crippen molar-refractivity contribution in [3.63, 3.8) is 0 Å². The zero-order chi connectivity index (χ0) is 26.4. The first-order chi connectivity index (χ1) is 17.6. The first-order valence-corrected chi connectivity index (χ1v) is 11.8. The molecule has 11 heteroatoms. The lowest BCUT2D eigenvalue weighted by Crippen LogP contribution is -2.43. The molecule has 190 valence electrons. The number of anilines is 2. The molecule has 2 aromatic carbocycles. The molecule has 1 unspecified atom stereocenters. The van der Waals surface area contributed by atoms with Crippen LogP contribution in [0.15, 0.2) is 60.9 Å². The number of nitrogens with zero attached hydrogens (tertiary/aromatic N) is 2. The Hall–Kier alpha value is -3.89. The predicted octanol–water partition coefficient (Wildman–Crippen LogP) is 4.29. The van der Waals surface area contributed by atoms with Crippen molar-refractivity contribution in [2.24, 2.45) is 0 Å². The second kappa shape index (κ2) is 9.20. The quantitative estimate of drug-likeness (QED) is 0.481. The van der Waals surface area contributed by atoms with Crippen molar-refractivity contribution >= 4 is 40.7 Å². The zero-order valence-electron chi connectivity index (χ0n) is 19.6. The number of ether oxygens (including phenoxy) is 1. The predicted molar refractivity (Wildman–Crippen MR) is 133 cm³/mol. The van der Waals surface area contributed by atoms with E-state index in [2.05, 4.69) is 20.4 Å². The highest BCUT2D eigenvalue weighted by molar-refractivity contribution is 6.24. The first-order valence-electron chi connectivity index (χ1n) is 11.4. The Morgan fingerprint density at radius 2 is 1.97 bits per heavy atom. The highest BCUT2D eigenvalue weighted by Gasteiger charge is 2.55. The molecule has 1 aromatic heterocycles. The Balaban J connectivity index is 1.57. The Morgan fingerprint density at radius 3 is 2.57 bits per heavy atom. The van der Waals surface area contributed by atoms with Gasteiger partial charge in [-0.05, 0) is 61.0 Å². The van der Waals surface area contributed by atoms with Gasteiger partial charge >= 0.3 is 5.57 Å². The van der Waals surface area contributed by atoms with Crippen LogP contribution in [0.4, 0.5) is 20.2 Å². The monoisotopic (exact) mass is 526 g/mol. The number of halogens is 3. The summed E-state index contributed by atoms with van der Waals surface area (Å²) < 4.78 is 30.0. The van der Waals surface area contributed by atoms with E-state index in [1.807, 2.05) is 6.07 Å². The lowest BCUT2D eigenvalue weighted by atomic mass is 9.77. The Labute approximate surface area is 215 Å². The number of fused-ring (bicyclic) bond motifs is 2. The maximum absolute atomic E-state index is 13.6. The van der Waals surface area contributed by atoms with Gasteiger partial charge in [0.15, 0.2) is 0 Å². The van der Waals surface area contributed by atoms with Gasteiger partial charge < -0.3 is 15.4 Å². The fourth-order valence-electron chi connectivity index (χ4n) is 4.96. The molecule has 3 aromatic rings. The van der Waals surface area contributed by atoms with Crippen LogP contribution in [-0.2, 0) is 15.0 Å². The SMILES string of the molecule is CC(=O)N1C(=O)C2(CCNC2)c2c(-c3cccnc3)cc(C(=O)Nc3ccc(OC(F)(F)Cl)cc3)cc21. The molecule has 0 radical (unpaired) electrons. The Morgan fingerprint density at radius 1 is 1.22 bits per heavy atom. The molecule has 8 nitrogen and oxygen atoms in total.